The van der Waals surface area contributed by atoms with Crippen LogP contribution in [0.25, 0.3) is 0 Å². The molecule has 318 valence electrons. The van der Waals surface area contributed by atoms with E-state index in [0.29, 0.717) is 19.0 Å². The molecule has 0 saturated heterocycles. The topological polar surface area (TPSA) is 89.4 Å². The number of carbonyl (C=O) groups is 2. The third-order valence-corrected chi connectivity index (χ3v) is 14.1. The zero-order chi connectivity index (χ0) is 42.4. The van der Waals surface area contributed by atoms with Crippen molar-refractivity contribution in [2.45, 2.75) is 143 Å². The van der Waals surface area contributed by atoms with E-state index in [-0.39, 0.29) is 52.4 Å². The maximum atomic E-state index is 13.8. The van der Waals surface area contributed by atoms with Crippen LogP contribution in [0.5, 0.6) is 0 Å². The van der Waals surface area contributed by atoms with E-state index in [9.17, 15) is 18.4 Å². The molecule has 2 saturated carbocycles. The van der Waals surface area contributed by atoms with Crippen molar-refractivity contribution in [3.05, 3.63) is 107 Å². The number of hydrogen-bond donors (Lipinski definition) is 2. The van der Waals surface area contributed by atoms with Crippen molar-refractivity contribution in [3.8, 4) is 0 Å². The molecular weight excluding hydrogens is 743 g/mol. The molecule has 10 heteroatoms. The average molecular weight is 809 g/mol. The van der Waals surface area contributed by atoms with Gasteiger partial charge in [0, 0.05) is 29.3 Å². The monoisotopic (exact) mass is 809 g/mol. The first-order chi connectivity index (χ1) is 28.2. The lowest BCUT2D eigenvalue weighted by molar-refractivity contribution is 0.118. The Morgan fingerprint density at radius 2 is 1.34 bits per heavy atom. The van der Waals surface area contributed by atoms with Crippen LogP contribution >= 0.6 is 0 Å². The van der Waals surface area contributed by atoms with Gasteiger partial charge in [-0.2, -0.15) is 10.2 Å². The first-order valence-corrected chi connectivity index (χ1v) is 22.1. The van der Waals surface area contributed by atoms with Gasteiger partial charge in [0.05, 0.1) is 18.6 Å². The van der Waals surface area contributed by atoms with Gasteiger partial charge in [-0.25, -0.2) is 28.4 Å². The molecule has 2 aliphatic carbocycles. The molecule has 0 aromatic heterocycles. The number of carbonyl (C=O) groups excluding carboxylic acids is 2. The third-order valence-electron chi connectivity index (χ3n) is 14.1. The number of halogens is 2. The molecule has 2 heterocycles. The van der Waals surface area contributed by atoms with E-state index in [1.54, 1.807) is 29.3 Å². The van der Waals surface area contributed by atoms with Crippen LogP contribution in [-0.2, 0) is 5.54 Å². The molecule has 7 rings (SSSR count). The summed E-state index contributed by atoms with van der Waals surface area (Å²) in [5, 5.41) is 18.9. The summed E-state index contributed by atoms with van der Waals surface area (Å²) in [5.74, 6) is 0.184. The molecule has 4 amide bonds. The van der Waals surface area contributed by atoms with Gasteiger partial charge in [-0.3, -0.25) is 0 Å². The highest BCUT2D eigenvalue weighted by Crippen LogP contribution is 2.65. The van der Waals surface area contributed by atoms with Crippen LogP contribution in [0.2, 0.25) is 0 Å². The summed E-state index contributed by atoms with van der Waals surface area (Å²) < 4.78 is 27.2. The average Bonchev–Trinajstić information content (AvgIpc) is 3.94. The van der Waals surface area contributed by atoms with E-state index in [4.69, 9.17) is 5.10 Å². The first-order valence-electron chi connectivity index (χ1n) is 22.1. The Labute approximate surface area is 351 Å². The Bertz CT molecular complexity index is 1960. The van der Waals surface area contributed by atoms with Crippen LogP contribution in [0.3, 0.4) is 0 Å². The number of nitrogens with zero attached hydrogens (tertiary/aromatic N) is 4. The smallest absolute Gasteiger partial charge is 0.333 e. The van der Waals surface area contributed by atoms with Crippen molar-refractivity contribution in [1.29, 1.82) is 0 Å². The second-order valence-electron chi connectivity index (χ2n) is 18.5. The van der Waals surface area contributed by atoms with Crippen molar-refractivity contribution < 1.29 is 18.4 Å². The van der Waals surface area contributed by atoms with E-state index in [1.807, 2.05) is 50.2 Å². The predicted octanol–water partition coefficient (Wildman–Crippen LogP) is 11.9. The van der Waals surface area contributed by atoms with Gasteiger partial charge >= 0.3 is 12.1 Å². The van der Waals surface area contributed by atoms with Gasteiger partial charge in [0.1, 0.15) is 11.6 Å². The highest BCUT2D eigenvalue weighted by atomic mass is 19.1. The van der Waals surface area contributed by atoms with Crippen LogP contribution < -0.4 is 10.6 Å². The van der Waals surface area contributed by atoms with E-state index < -0.39 is 5.54 Å². The highest BCUT2D eigenvalue weighted by Gasteiger charge is 2.61. The number of benzene rings is 3. The van der Waals surface area contributed by atoms with E-state index in [2.05, 4.69) is 50.4 Å². The minimum Gasteiger partial charge on any atom is -0.333 e. The van der Waals surface area contributed by atoms with Gasteiger partial charge in [-0.1, -0.05) is 115 Å². The van der Waals surface area contributed by atoms with E-state index >= 15 is 0 Å². The number of hydrazone groups is 2. The molecule has 8 nitrogen and oxygen atoms in total. The number of urea groups is 2. The van der Waals surface area contributed by atoms with E-state index in [1.165, 1.54) is 36.0 Å². The maximum Gasteiger partial charge on any atom is 0.338 e. The number of unbranched alkanes of at least 4 members (excludes halogenated alkanes) is 4. The fourth-order valence-corrected chi connectivity index (χ4v) is 9.82. The number of amides is 4. The van der Waals surface area contributed by atoms with Crippen molar-refractivity contribution in [2.75, 3.05) is 13.1 Å². The fourth-order valence-electron chi connectivity index (χ4n) is 9.82. The minimum atomic E-state index is -0.510. The molecule has 4 aliphatic rings. The molecule has 59 heavy (non-hydrogen) atoms. The van der Waals surface area contributed by atoms with Gasteiger partial charge in [0.15, 0.2) is 0 Å². The molecule has 5 atom stereocenters. The highest BCUT2D eigenvalue weighted by molar-refractivity contribution is 5.95. The number of hydrogen-bond acceptors (Lipinski definition) is 4. The Balaban J connectivity index is 0.000000199. The number of nitrogens with one attached hydrogen (secondary N) is 2. The summed E-state index contributed by atoms with van der Waals surface area (Å²) >= 11 is 0. The lowest BCUT2D eigenvalue weighted by atomic mass is 9.69. The second kappa shape index (κ2) is 18.8. The van der Waals surface area contributed by atoms with Crippen molar-refractivity contribution in [1.82, 2.24) is 20.7 Å². The molecule has 3 aromatic rings. The quantitative estimate of drug-likeness (QED) is 0.168. The minimum absolute atomic E-state index is 0.0121. The summed E-state index contributed by atoms with van der Waals surface area (Å²) in [4.78, 5) is 26.2. The van der Waals surface area contributed by atoms with Crippen LogP contribution in [0.15, 0.2) is 89.1 Å². The van der Waals surface area contributed by atoms with Gasteiger partial charge < -0.3 is 10.6 Å². The summed E-state index contributed by atoms with van der Waals surface area (Å²) in [6, 6.07) is 23.1. The normalized spacial score (nSPS) is 24.4. The predicted molar refractivity (Wildman–Crippen MR) is 234 cm³/mol. The first kappa shape index (κ1) is 44.0. The Morgan fingerprint density at radius 1 is 0.746 bits per heavy atom. The summed E-state index contributed by atoms with van der Waals surface area (Å²) in [7, 11) is 0. The van der Waals surface area contributed by atoms with Crippen LogP contribution in [0.1, 0.15) is 148 Å². The zero-order valence-corrected chi connectivity index (χ0v) is 36.4. The molecule has 3 aromatic carbocycles. The lowest BCUT2D eigenvalue weighted by Gasteiger charge is -2.39. The standard InChI is InChI=1S/C25H36FN3O.C24H30FN3O/c1-5-6-7-11-21-20(17-9-8-10-19(26)14-17)16-29(28-21)23(30)27-22-15-18-12-13-25(22,4)24(18,2)3;1-4-5-7-12-22-21(18-13-15-20(25)16-14-18)17-28(27-22)23(29)26-24(2,3)19-10-8-6-9-11-19/h8-10,14,18,20,22H,5-7,11-13,15-16H2,1-4H3,(H,27,30);6,8-11,13-16,21H,4-5,7,12,17H2,1-3H3,(H,26,29)/t18-,20?,22+,25+;/m1./s1. The molecule has 2 N–H and O–H groups in total. The molecule has 2 bridgehead atoms. The summed E-state index contributed by atoms with van der Waals surface area (Å²) in [5.41, 5.74) is 4.84. The van der Waals surface area contributed by atoms with Gasteiger partial charge in [-0.15, -0.1) is 0 Å². The van der Waals surface area contributed by atoms with Gasteiger partial charge in [0.2, 0.25) is 0 Å². The van der Waals surface area contributed by atoms with E-state index in [0.717, 1.165) is 85.9 Å². The lowest BCUT2D eigenvalue weighted by Crippen LogP contribution is -2.50. The van der Waals surface area contributed by atoms with Crippen LogP contribution in [0, 0.1) is 28.4 Å². The van der Waals surface area contributed by atoms with Crippen LogP contribution in [0.4, 0.5) is 18.4 Å². The van der Waals surface area contributed by atoms with Crippen molar-refractivity contribution in [2.24, 2.45) is 27.0 Å². The maximum absolute atomic E-state index is 13.8. The Morgan fingerprint density at radius 3 is 1.88 bits per heavy atom. The molecule has 0 spiro atoms. The van der Waals surface area contributed by atoms with Crippen molar-refractivity contribution >= 4 is 23.5 Å². The molecular formula is C49H66F2N6O2. The number of fused-ring (bicyclic) bond motifs is 2. The molecule has 2 fully saturated rings. The second-order valence-corrected chi connectivity index (χ2v) is 18.5. The zero-order valence-electron chi connectivity index (χ0n) is 36.4. The Kier molecular flexibility index (Phi) is 14.0. The molecule has 2 unspecified atom stereocenters. The molecule has 0 radical (unpaired) electrons. The SMILES string of the molecule is CCCCCC1=NN(C(=O)NC(C)(C)c2ccccc2)CC1c1ccc(F)cc1.CCCCCC1=NN(C(=O)N[C@H]2C[C@H]3CC[C@]2(C)C3(C)C)CC1c1cccc(F)c1. The Hall–Kier alpha value is -4.60. The summed E-state index contributed by atoms with van der Waals surface area (Å²) in [6.45, 7) is 16.3. The largest absolute Gasteiger partial charge is 0.338 e. The fraction of sp³-hybridized carbons (Fsp3) is 0.551. The van der Waals surface area contributed by atoms with Gasteiger partial charge in [-0.05, 0) is 116 Å². The van der Waals surface area contributed by atoms with Crippen LogP contribution in [-0.4, -0.2) is 52.6 Å². The third kappa shape index (κ3) is 9.90. The number of rotatable bonds is 13. The van der Waals surface area contributed by atoms with Gasteiger partial charge in [0.25, 0.3) is 0 Å². The molecule has 2 aliphatic heterocycles. The van der Waals surface area contributed by atoms with Crippen molar-refractivity contribution in [3.63, 3.8) is 0 Å². The summed E-state index contributed by atoms with van der Waals surface area (Å²) in [6.07, 6.45) is 11.8.